The van der Waals surface area contributed by atoms with Gasteiger partial charge in [-0.1, -0.05) is 74.4 Å². The summed E-state index contributed by atoms with van der Waals surface area (Å²) in [5.41, 5.74) is 8.52. The second-order valence-electron chi connectivity index (χ2n) is 10.8. The van der Waals surface area contributed by atoms with E-state index in [1.165, 1.54) is 0 Å². The molecule has 1 unspecified atom stereocenters. The van der Waals surface area contributed by atoms with E-state index in [2.05, 4.69) is 21.6 Å². The van der Waals surface area contributed by atoms with Crippen LogP contribution in [-0.2, 0) is 25.2 Å². The molecule has 0 aliphatic heterocycles. The van der Waals surface area contributed by atoms with E-state index in [1.54, 1.807) is 55.5 Å². The van der Waals surface area contributed by atoms with Gasteiger partial charge in [-0.3, -0.25) is 4.52 Å². The monoisotopic (exact) mass is 645 g/mol. The number of pyridine rings is 1. The van der Waals surface area contributed by atoms with Gasteiger partial charge in [0.15, 0.2) is 5.82 Å². The maximum absolute atomic E-state index is 14.4. The van der Waals surface area contributed by atoms with E-state index in [1.807, 2.05) is 43.3 Å². The molecule has 242 valence electrons. The molecule has 3 N–H and O–H groups in total. The van der Waals surface area contributed by atoms with Gasteiger partial charge in [-0.2, -0.15) is 5.09 Å². The van der Waals surface area contributed by atoms with E-state index < -0.39 is 19.8 Å². The minimum atomic E-state index is -4.15. The minimum absolute atomic E-state index is 0.0291. The number of aromatic nitrogens is 3. The standard InChI is InChI=1S/C34H40N5O6P/c1-4-6-15-25(39-30(23-42-5-2)37-31-32(39)28-20-13-14-21-29(28)36-33(31)35)22-43-46(41,45-27-18-11-8-12-19-27)38-24(3)34(40)44-26-16-9-7-10-17-26/h7-14,16-21,24-25H,4-6,15,22-23H2,1-3H3,(H2,35,36)(H,38,41)/t24-,25-,46?/m0/s1. The molecule has 0 bridgehead atoms. The minimum Gasteiger partial charge on any atom is -0.425 e. The predicted molar refractivity (Wildman–Crippen MR) is 179 cm³/mol. The van der Waals surface area contributed by atoms with Crippen LogP contribution in [0.1, 0.15) is 51.9 Å². The average Bonchev–Trinajstić information content (AvgIpc) is 3.45. The van der Waals surface area contributed by atoms with Gasteiger partial charge in [0.2, 0.25) is 0 Å². The lowest BCUT2D eigenvalue weighted by atomic mass is 10.1. The van der Waals surface area contributed by atoms with Gasteiger partial charge in [0, 0.05) is 12.0 Å². The van der Waals surface area contributed by atoms with E-state index in [0.29, 0.717) is 41.7 Å². The molecule has 2 aromatic heterocycles. The van der Waals surface area contributed by atoms with Gasteiger partial charge in [0.05, 0.1) is 23.7 Å². The summed E-state index contributed by atoms with van der Waals surface area (Å²) < 4.78 is 40.0. The second-order valence-corrected chi connectivity index (χ2v) is 12.5. The Morgan fingerprint density at radius 1 is 0.957 bits per heavy atom. The van der Waals surface area contributed by atoms with Crippen molar-refractivity contribution >= 4 is 41.5 Å². The van der Waals surface area contributed by atoms with E-state index in [4.69, 9.17) is 29.2 Å². The zero-order valence-electron chi connectivity index (χ0n) is 26.3. The summed E-state index contributed by atoms with van der Waals surface area (Å²) in [6, 6.07) is 23.7. The van der Waals surface area contributed by atoms with Crippen LogP contribution in [0.25, 0.3) is 21.9 Å². The summed E-state index contributed by atoms with van der Waals surface area (Å²) >= 11 is 0. The van der Waals surface area contributed by atoms with Gasteiger partial charge < -0.3 is 24.3 Å². The first kappa shape index (κ1) is 33.1. The number of hydrogen-bond donors (Lipinski definition) is 2. The second kappa shape index (κ2) is 15.3. The average molecular weight is 646 g/mol. The molecular formula is C34H40N5O6P. The molecule has 0 aliphatic carbocycles. The van der Waals surface area contributed by atoms with Gasteiger partial charge in [0.1, 0.15) is 35.5 Å². The number of nitrogens with two attached hydrogens (primary N) is 1. The number of fused-ring (bicyclic) bond motifs is 3. The van der Waals surface area contributed by atoms with Crippen molar-refractivity contribution in [3.63, 3.8) is 0 Å². The van der Waals surface area contributed by atoms with E-state index in [9.17, 15) is 9.36 Å². The summed E-state index contributed by atoms with van der Waals surface area (Å²) in [5.74, 6) is 1.02. The first-order valence-electron chi connectivity index (χ1n) is 15.5. The van der Waals surface area contributed by atoms with Crippen molar-refractivity contribution in [2.75, 3.05) is 18.9 Å². The molecule has 0 fully saturated rings. The number of hydrogen-bond acceptors (Lipinski definition) is 9. The van der Waals surface area contributed by atoms with Crippen LogP contribution in [0.5, 0.6) is 11.5 Å². The number of imidazole rings is 1. The molecule has 2 heterocycles. The van der Waals surface area contributed by atoms with Gasteiger partial charge in [-0.15, -0.1) is 0 Å². The molecule has 0 radical (unpaired) electrons. The number of para-hydroxylation sites is 3. The molecule has 5 aromatic rings. The maximum atomic E-state index is 14.4. The Hall–Kier alpha value is -4.28. The number of nitrogens with zero attached hydrogens (tertiary/aromatic N) is 3. The number of rotatable bonds is 16. The third kappa shape index (κ3) is 7.92. The molecule has 46 heavy (non-hydrogen) atoms. The number of anilines is 1. The fourth-order valence-corrected chi connectivity index (χ4v) is 6.69. The molecule has 0 amide bonds. The first-order chi connectivity index (χ1) is 22.3. The van der Waals surface area contributed by atoms with Gasteiger partial charge >= 0.3 is 13.7 Å². The van der Waals surface area contributed by atoms with Crippen LogP contribution in [0.15, 0.2) is 84.9 Å². The highest BCUT2D eigenvalue weighted by molar-refractivity contribution is 7.52. The molecule has 3 atom stereocenters. The molecule has 11 nitrogen and oxygen atoms in total. The Bertz CT molecular complexity index is 1800. The van der Waals surface area contributed by atoms with Crippen LogP contribution in [0, 0.1) is 0 Å². The maximum Gasteiger partial charge on any atom is 0.459 e. The Kier molecular flexibility index (Phi) is 11.0. The summed E-state index contributed by atoms with van der Waals surface area (Å²) in [5, 5.41) is 3.68. The van der Waals surface area contributed by atoms with E-state index in [-0.39, 0.29) is 19.3 Å². The number of ether oxygens (including phenoxy) is 2. The number of unbranched alkanes of at least 4 members (excludes halogenated alkanes) is 1. The first-order valence-corrected chi connectivity index (χ1v) is 17.0. The van der Waals surface area contributed by atoms with Crippen LogP contribution in [0.2, 0.25) is 0 Å². The Morgan fingerprint density at radius 2 is 1.63 bits per heavy atom. The van der Waals surface area contributed by atoms with Crippen molar-refractivity contribution in [1.82, 2.24) is 19.6 Å². The number of benzene rings is 3. The normalized spacial score (nSPS) is 14.2. The molecular weight excluding hydrogens is 605 g/mol. The lowest BCUT2D eigenvalue weighted by molar-refractivity contribution is -0.135. The molecule has 0 saturated carbocycles. The molecule has 12 heteroatoms. The fraction of sp³-hybridized carbons (Fsp3) is 0.324. The van der Waals surface area contributed by atoms with Crippen LogP contribution in [0.4, 0.5) is 5.82 Å². The van der Waals surface area contributed by atoms with Crippen LogP contribution < -0.4 is 20.1 Å². The van der Waals surface area contributed by atoms with Crippen LogP contribution >= 0.6 is 7.75 Å². The van der Waals surface area contributed by atoms with Crippen molar-refractivity contribution < 1.29 is 27.9 Å². The summed E-state index contributed by atoms with van der Waals surface area (Å²) in [6.45, 7) is 6.28. The molecule has 0 saturated heterocycles. The van der Waals surface area contributed by atoms with E-state index in [0.717, 1.165) is 29.3 Å². The SMILES string of the molecule is CCCC[C@@H](COP(=O)(N[C@@H](C)C(=O)Oc1ccccc1)Oc1ccccc1)n1c(COCC)nc2c(N)nc3ccccc3c21. The van der Waals surface area contributed by atoms with Crippen molar-refractivity contribution in [1.29, 1.82) is 0 Å². The summed E-state index contributed by atoms with van der Waals surface area (Å²) in [7, 11) is -4.15. The highest BCUT2D eigenvalue weighted by Crippen LogP contribution is 2.46. The number of carbonyl (C=O) groups is 1. The molecule has 3 aromatic carbocycles. The molecule has 5 rings (SSSR count). The highest BCUT2D eigenvalue weighted by atomic mass is 31.2. The van der Waals surface area contributed by atoms with Crippen LogP contribution in [-0.4, -0.2) is 39.8 Å². The Balaban J connectivity index is 1.50. The molecule has 0 spiro atoms. The number of nitrogen functional groups attached to an aromatic ring is 1. The van der Waals surface area contributed by atoms with Crippen molar-refractivity contribution in [2.45, 2.75) is 58.7 Å². The smallest absolute Gasteiger partial charge is 0.425 e. The topological polar surface area (TPSA) is 140 Å². The summed E-state index contributed by atoms with van der Waals surface area (Å²) in [4.78, 5) is 22.4. The largest absolute Gasteiger partial charge is 0.459 e. The number of esters is 1. The number of carbonyl (C=O) groups excluding carboxylic acids is 1. The quantitative estimate of drug-likeness (QED) is 0.0642. The van der Waals surface area contributed by atoms with Crippen LogP contribution in [0.3, 0.4) is 0 Å². The third-order valence-electron chi connectivity index (χ3n) is 7.39. The Morgan fingerprint density at radius 3 is 2.33 bits per heavy atom. The van der Waals surface area contributed by atoms with Gasteiger partial charge in [-0.05, 0) is 50.6 Å². The zero-order chi connectivity index (χ0) is 32.5. The van der Waals surface area contributed by atoms with Crippen molar-refractivity contribution in [3.8, 4) is 11.5 Å². The lowest BCUT2D eigenvalue weighted by Gasteiger charge is -2.27. The zero-order valence-corrected chi connectivity index (χ0v) is 27.2. The fourth-order valence-electron chi connectivity index (χ4n) is 5.16. The number of nitrogens with one attached hydrogen (secondary N) is 1. The lowest BCUT2D eigenvalue weighted by Crippen LogP contribution is -2.37. The predicted octanol–water partition coefficient (Wildman–Crippen LogP) is 7.22. The van der Waals surface area contributed by atoms with Crippen molar-refractivity contribution in [3.05, 3.63) is 90.8 Å². The summed E-state index contributed by atoms with van der Waals surface area (Å²) in [6.07, 6.45) is 2.46. The third-order valence-corrected chi connectivity index (χ3v) is 9.03. The van der Waals surface area contributed by atoms with Crippen molar-refractivity contribution in [2.24, 2.45) is 0 Å². The van der Waals surface area contributed by atoms with E-state index >= 15 is 0 Å². The molecule has 0 aliphatic rings. The van der Waals surface area contributed by atoms with Gasteiger partial charge in [0.25, 0.3) is 0 Å². The Labute approximate surface area is 268 Å². The van der Waals surface area contributed by atoms with Gasteiger partial charge in [-0.25, -0.2) is 19.3 Å². The highest BCUT2D eigenvalue weighted by Gasteiger charge is 2.34.